The number of amides is 4. The number of hydrogen-bond donors (Lipinski definition) is 4. The van der Waals surface area contributed by atoms with Crippen LogP contribution >= 0.6 is 0 Å². The highest BCUT2D eigenvalue weighted by Gasteiger charge is 2.26. The highest BCUT2D eigenvalue weighted by atomic mass is 16.5. The van der Waals surface area contributed by atoms with Crippen molar-refractivity contribution in [3.63, 3.8) is 0 Å². The monoisotopic (exact) mass is 603 g/mol. The first-order chi connectivity index (χ1) is 21.2. The summed E-state index contributed by atoms with van der Waals surface area (Å²) in [5.74, 6) is -1.37. The Kier molecular flexibility index (Phi) is 12.7. The van der Waals surface area contributed by atoms with Crippen LogP contribution in [0.1, 0.15) is 37.0 Å². The number of urea groups is 1. The molecule has 0 saturated heterocycles. The summed E-state index contributed by atoms with van der Waals surface area (Å²) in [6, 6.07) is 19.6. The van der Waals surface area contributed by atoms with E-state index >= 15 is 0 Å². The van der Waals surface area contributed by atoms with Crippen LogP contribution in [0.3, 0.4) is 0 Å². The Morgan fingerprint density at radius 2 is 1.57 bits per heavy atom. The van der Waals surface area contributed by atoms with E-state index in [4.69, 9.17) is 9.84 Å². The zero-order valence-electron chi connectivity index (χ0n) is 25.7. The molecule has 234 valence electrons. The van der Waals surface area contributed by atoms with Crippen LogP contribution in [-0.4, -0.2) is 67.2 Å². The van der Waals surface area contributed by atoms with Gasteiger partial charge in [-0.1, -0.05) is 44.2 Å². The predicted molar refractivity (Wildman–Crippen MR) is 172 cm³/mol. The number of carbonyl (C=O) groups is 4. The number of aryl methyl sites for hydroxylation is 1. The molecule has 0 bridgehead atoms. The second-order valence-corrected chi connectivity index (χ2v) is 10.0. The van der Waals surface area contributed by atoms with E-state index in [1.807, 2.05) is 62.1 Å². The van der Waals surface area contributed by atoms with Crippen LogP contribution < -0.4 is 20.9 Å². The number of methoxy groups -OCH3 is 1. The Morgan fingerprint density at radius 3 is 2.25 bits per heavy atom. The number of nitrogens with one attached hydrogen (secondary N) is 3. The number of carboxylic acids is 1. The van der Waals surface area contributed by atoms with Crippen LogP contribution in [0.5, 0.6) is 0 Å². The second kappa shape index (κ2) is 16.7. The topological polar surface area (TPSA) is 140 Å². The Labute approximate surface area is 258 Å². The fourth-order valence-corrected chi connectivity index (χ4v) is 4.67. The van der Waals surface area contributed by atoms with Gasteiger partial charge in [0.2, 0.25) is 11.8 Å². The van der Waals surface area contributed by atoms with Gasteiger partial charge in [0.25, 0.3) is 0 Å². The quantitative estimate of drug-likeness (QED) is 0.239. The van der Waals surface area contributed by atoms with Gasteiger partial charge in [-0.25, -0.2) is 4.79 Å². The lowest BCUT2D eigenvalue weighted by molar-refractivity contribution is -0.138. The van der Waals surface area contributed by atoms with Gasteiger partial charge in [0.1, 0.15) is 0 Å². The molecule has 1 heterocycles. The lowest BCUT2D eigenvalue weighted by Gasteiger charge is -2.24. The number of aliphatic carboxylic acids is 1. The molecule has 3 aromatic rings. The van der Waals surface area contributed by atoms with Gasteiger partial charge in [0, 0.05) is 49.5 Å². The van der Waals surface area contributed by atoms with Gasteiger partial charge in [0.05, 0.1) is 26.0 Å². The van der Waals surface area contributed by atoms with Crippen molar-refractivity contribution in [2.75, 3.05) is 54.2 Å². The van der Waals surface area contributed by atoms with Crippen LogP contribution in [0, 0.1) is 6.92 Å². The number of anilines is 4. The minimum Gasteiger partial charge on any atom is -0.481 e. The molecule has 0 unspecified atom stereocenters. The van der Waals surface area contributed by atoms with Crippen molar-refractivity contribution in [2.24, 2.45) is 0 Å². The standard InChI is InChI=1S/C31H35N5O6.C2H6/c1-21-5-3-4-6-26(21)34-31(41)33-24-9-7-22(8-10-24)17-28(37)32-25-11-12-27-23(18-25)19-36(14-13-30(39)40)29(38)20-35(27)15-16-42-2;1-2/h3-12,18H,13-17,19-20H2,1-2H3,(H,32,37)(H,39,40)(H2,33,34,41);1-2H3. The number of carbonyl (C=O) groups excluding carboxylic acids is 3. The predicted octanol–water partition coefficient (Wildman–Crippen LogP) is 5.12. The molecule has 4 amide bonds. The molecule has 4 N–H and O–H groups in total. The Bertz CT molecular complexity index is 1440. The lowest BCUT2D eigenvalue weighted by atomic mass is 10.1. The maximum atomic E-state index is 12.9. The average Bonchev–Trinajstić information content (AvgIpc) is 3.13. The maximum Gasteiger partial charge on any atom is 0.323 e. The van der Waals surface area contributed by atoms with E-state index in [1.165, 1.54) is 4.90 Å². The molecule has 4 rings (SSSR count). The summed E-state index contributed by atoms with van der Waals surface area (Å²) in [6.07, 6.45) is -0.0305. The van der Waals surface area contributed by atoms with E-state index in [-0.39, 0.29) is 50.3 Å². The smallest absolute Gasteiger partial charge is 0.323 e. The molecular formula is C33H41N5O6. The van der Waals surface area contributed by atoms with Gasteiger partial charge < -0.3 is 35.6 Å². The van der Waals surface area contributed by atoms with E-state index in [2.05, 4.69) is 16.0 Å². The molecule has 3 aromatic carbocycles. The largest absolute Gasteiger partial charge is 0.481 e. The van der Waals surface area contributed by atoms with Gasteiger partial charge in [-0.2, -0.15) is 0 Å². The summed E-state index contributed by atoms with van der Waals surface area (Å²) in [4.78, 5) is 52.7. The summed E-state index contributed by atoms with van der Waals surface area (Å²) in [5, 5.41) is 17.6. The molecule has 11 nitrogen and oxygen atoms in total. The third-order valence-electron chi connectivity index (χ3n) is 6.87. The molecule has 1 aliphatic heterocycles. The number of rotatable bonds is 11. The first-order valence-corrected chi connectivity index (χ1v) is 14.6. The number of carboxylic acid groups (broad SMARTS) is 1. The molecule has 44 heavy (non-hydrogen) atoms. The molecular weight excluding hydrogens is 562 g/mol. The van der Waals surface area contributed by atoms with Gasteiger partial charge in [-0.05, 0) is 60.0 Å². The second-order valence-electron chi connectivity index (χ2n) is 10.0. The van der Waals surface area contributed by atoms with Crippen LogP contribution in [0.15, 0.2) is 66.7 Å². The summed E-state index contributed by atoms with van der Waals surface area (Å²) >= 11 is 0. The highest BCUT2D eigenvalue weighted by molar-refractivity contribution is 6.00. The van der Waals surface area contributed by atoms with Crippen LogP contribution in [0.2, 0.25) is 0 Å². The highest BCUT2D eigenvalue weighted by Crippen LogP contribution is 2.29. The first-order valence-electron chi connectivity index (χ1n) is 14.6. The molecule has 0 atom stereocenters. The van der Waals surface area contributed by atoms with Gasteiger partial charge in [0.15, 0.2) is 0 Å². The maximum absolute atomic E-state index is 12.9. The van der Waals surface area contributed by atoms with Crippen molar-refractivity contribution >= 4 is 46.6 Å². The molecule has 0 spiro atoms. The van der Waals surface area contributed by atoms with Crippen molar-refractivity contribution in [1.29, 1.82) is 0 Å². The zero-order valence-corrected chi connectivity index (χ0v) is 25.7. The van der Waals surface area contributed by atoms with Crippen LogP contribution in [-0.2, 0) is 32.1 Å². The van der Waals surface area contributed by atoms with E-state index in [1.54, 1.807) is 37.4 Å². The third-order valence-corrected chi connectivity index (χ3v) is 6.87. The number of ether oxygens (including phenoxy) is 1. The van der Waals surface area contributed by atoms with E-state index < -0.39 is 5.97 Å². The molecule has 0 aromatic heterocycles. The minimum atomic E-state index is -0.973. The van der Waals surface area contributed by atoms with Crippen LogP contribution in [0.4, 0.5) is 27.5 Å². The minimum absolute atomic E-state index is 0.0979. The van der Waals surface area contributed by atoms with Crippen molar-refractivity contribution < 1.29 is 29.0 Å². The van der Waals surface area contributed by atoms with Crippen molar-refractivity contribution in [3.05, 3.63) is 83.4 Å². The summed E-state index contributed by atoms with van der Waals surface area (Å²) < 4.78 is 5.20. The number of fused-ring (bicyclic) bond motifs is 1. The lowest BCUT2D eigenvalue weighted by Crippen LogP contribution is -2.39. The third kappa shape index (κ3) is 9.84. The van der Waals surface area contributed by atoms with E-state index in [0.717, 1.165) is 28.1 Å². The molecule has 0 radical (unpaired) electrons. The van der Waals surface area contributed by atoms with Gasteiger partial charge >= 0.3 is 12.0 Å². The normalized spacial score (nSPS) is 12.3. The molecule has 0 fully saturated rings. The summed E-state index contributed by atoms with van der Waals surface area (Å²) in [5.41, 5.74) is 5.26. The SMILES string of the molecule is CC.COCCN1CC(=O)N(CCC(=O)O)Cc2cc(NC(=O)Cc3ccc(NC(=O)Nc4ccccc4C)cc3)ccc21. The molecule has 1 aliphatic rings. The Balaban J connectivity index is 0.00000259. The van der Waals surface area contributed by atoms with E-state index in [0.29, 0.717) is 24.5 Å². The first kappa shape index (κ1) is 33.6. The summed E-state index contributed by atoms with van der Waals surface area (Å²) in [6.45, 7) is 7.27. The van der Waals surface area contributed by atoms with Crippen molar-refractivity contribution in [3.8, 4) is 0 Å². The Morgan fingerprint density at radius 1 is 0.864 bits per heavy atom. The fraction of sp³-hybridized carbons (Fsp3) is 0.333. The van der Waals surface area contributed by atoms with E-state index in [9.17, 15) is 19.2 Å². The molecule has 0 saturated carbocycles. The number of para-hydroxylation sites is 1. The average molecular weight is 604 g/mol. The summed E-state index contributed by atoms with van der Waals surface area (Å²) in [7, 11) is 1.59. The number of nitrogens with zero attached hydrogens (tertiary/aromatic N) is 2. The number of hydrogen-bond acceptors (Lipinski definition) is 6. The van der Waals surface area contributed by atoms with Crippen molar-refractivity contribution in [1.82, 2.24) is 4.90 Å². The van der Waals surface area contributed by atoms with Gasteiger partial charge in [-0.3, -0.25) is 14.4 Å². The van der Waals surface area contributed by atoms with Crippen molar-refractivity contribution in [2.45, 2.75) is 40.2 Å². The fourth-order valence-electron chi connectivity index (χ4n) is 4.67. The van der Waals surface area contributed by atoms with Crippen LogP contribution in [0.25, 0.3) is 0 Å². The number of benzene rings is 3. The zero-order chi connectivity index (χ0) is 32.1. The molecule has 0 aliphatic carbocycles. The Hall–Kier alpha value is -4.90. The van der Waals surface area contributed by atoms with Gasteiger partial charge in [-0.15, -0.1) is 0 Å². The molecule has 11 heteroatoms.